The van der Waals surface area contributed by atoms with Crippen LogP contribution in [0.1, 0.15) is 30.4 Å². The van der Waals surface area contributed by atoms with Crippen molar-refractivity contribution in [2.45, 2.75) is 31.9 Å². The molecule has 0 aromatic carbocycles. The first kappa shape index (κ1) is 19.1. The minimum Gasteiger partial charge on any atom is -0.290 e. The van der Waals surface area contributed by atoms with E-state index in [1.54, 1.807) is 6.92 Å². The van der Waals surface area contributed by atoms with E-state index in [-0.39, 0.29) is 22.8 Å². The Morgan fingerprint density at radius 3 is 2.69 bits per heavy atom. The van der Waals surface area contributed by atoms with Crippen molar-refractivity contribution in [1.29, 1.82) is 0 Å². The molecule has 1 aliphatic heterocycles. The van der Waals surface area contributed by atoms with Gasteiger partial charge in [0.1, 0.15) is 11.1 Å². The molecular formula is C16H14F5N7O. The molecule has 0 spiro atoms. The van der Waals surface area contributed by atoms with E-state index < -0.39 is 36.3 Å². The Morgan fingerprint density at radius 2 is 2.07 bits per heavy atom. The second kappa shape index (κ2) is 6.12. The molecular weight excluding hydrogens is 401 g/mol. The smallest absolute Gasteiger partial charge is 0.290 e. The maximum absolute atomic E-state index is 14.0. The molecule has 1 atom stereocenters. The number of carbonyl (C=O) groups is 1. The lowest BCUT2D eigenvalue weighted by molar-refractivity contribution is -0.181. The van der Waals surface area contributed by atoms with Gasteiger partial charge in [-0.3, -0.25) is 15.3 Å². The zero-order valence-corrected chi connectivity index (χ0v) is 15.1. The van der Waals surface area contributed by atoms with E-state index in [2.05, 4.69) is 20.5 Å². The number of amides is 2. The molecule has 3 aromatic heterocycles. The van der Waals surface area contributed by atoms with Crippen molar-refractivity contribution < 1.29 is 26.7 Å². The highest BCUT2D eigenvalue weighted by Gasteiger charge is 2.60. The van der Waals surface area contributed by atoms with Gasteiger partial charge in [0.2, 0.25) is 0 Å². The zero-order chi connectivity index (χ0) is 21.1. The third-order valence-electron chi connectivity index (χ3n) is 4.81. The molecule has 13 heteroatoms. The monoisotopic (exact) mass is 415 g/mol. The van der Waals surface area contributed by atoms with Crippen molar-refractivity contribution in [3.05, 3.63) is 35.4 Å². The van der Waals surface area contributed by atoms with Crippen LogP contribution in [0.4, 0.5) is 38.3 Å². The van der Waals surface area contributed by atoms with Crippen molar-refractivity contribution >= 4 is 23.2 Å². The molecule has 2 N–H and O–H groups in total. The number of fused-ring (bicyclic) bond motifs is 3. The van der Waals surface area contributed by atoms with Crippen LogP contribution in [0.3, 0.4) is 0 Å². The van der Waals surface area contributed by atoms with Crippen LogP contribution < -0.4 is 10.2 Å². The molecule has 0 aliphatic carbocycles. The minimum atomic E-state index is -4.69. The molecule has 0 saturated carbocycles. The van der Waals surface area contributed by atoms with Gasteiger partial charge in [0.25, 0.3) is 6.43 Å². The van der Waals surface area contributed by atoms with Crippen LogP contribution in [0.2, 0.25) is 0 Å². The van der Waals surface area contributed by atoms with Gasteiger partial charge in [0.15, 0.2) is 11.5 Å². The summed E-state index contributed by atoms with van der Waals surface area (Å²) in [6, 6.07) is 1.47. The van der Waals surface area contributed by atoms with E-state index in [1.807, 2.05) is 5.10 Å². The van der Waals surface area contributed by atoms with E-state index in [0.717, 1.165) is 28.6 Å². The van der Waals surface area contributed by atoms with Crippen molar-refractivity contribution in [3.8, 4) is 0 Å². The summed E-state index contributed by atoms with van der Waals surface area (Å²) in [6.45, 7) is 1.85. The second-order valence-corrected chi connectivity index (χ2v) is 6.90. The molecule has 0 saturated heterocycles. The summed E-state index contributed by atoms with van der Waals surface area (Å²) < 4.78 is 68.4. The van der Waals surface area contributed by atoms with Crippen LogP contribution in [0.15, 0.2) is 18.3 Å². The molecule has 29 heavy (non-hydrogen) atoms. The van der Waals surface area contributed by atoms with Crippen LogP contribution in [0, 0.1) is 6.92 Å². The molecule has 3 aromatic rings. The van der Waals surface area contributed by atoms with Gasteiger partial charge in [0.05, 0.1) is 23.3 Å². The number of aryl methyl sites for hydroxylation is 1. The van der Waals surface area contributed by atoms with Crippen LogP contribution in [-0.4, -0.2) is 43.5 Å². The largest absolute Gasteiger partial charge is 0.401 e. The van der Waals surface area contributed by atoms with Gasteiger partial charge in [-0.15, -0.1) is 0 Å². The van der Waals surface area contributed by atoms with E-state index in [1.165, 1.54) is 6.07 Å². The average molecular weight is 415 g/mol. The van der Waals surface area contributed by atoms with Crippen molar-refractivity contribution in [2.24, 2.45) is 0 Å². The third kappa shape index (κ3) is 2.87. The maximum Gasteiger partial charge on any atom is 0.401 e. The molecule has 154 valence electrons. The Kier molecular flexibility index (Phi) is 4.03. The Labute approximate surface area is 159 Å². The van der Waals surface area contributed by atoms with Crippen LogP contribution in [0.5, 0.6) is 0 Å². The standard InChI is InChI=1S/C16H14F5N7O/c1-7-3-11-22-5-9-12(28(11)26-7)15(2,16(19,20)21)6-27(9)14(29)23-10-4-8(13(17)18)24-25-10/h3-5,13H,6H2,1-2H3,(H2,23,24,25,29)/t15-/m1/s1. The fraction of sp³-hybridized carbons (Fsp3) is 0.375. The number of nitrogens with one attached hydrogen (secondary N) is 2. The highest BCUT2D eigenvalue weighted by Crippen LogP contribution is 2.49. The Morgan fingerprint density at radius 1 is 1.34 bits per heavy atom. The van der Waals surface area contributed by atoms with E-state index in [9.17, 15) is 26.7 Å². The number of carbonyl (C=O) groups excluding carboxylic acids is 1. The number of rotatable bonds is 2. The lowest BCUT2D eigenvalue weighted by atomic mass is 9.88. The van der Waals surface area contributed by atoms with Crippen molar-refractivity contribution in [2.75, 3.05) is 16.8 Å². The Balaban J connectivity index is 1.77. The fourth-order valence-corrected chi connectivity index (χ4v) is 3.32. The van der Waals surface area contributed by atoms with E-state index in [4.69, 9.17) is 0 Å². The molecule has 0 radical (unpaired) electrons. The van der Waals surface area contributed by atoms with E-state index in [0.29, 0.717) is 5.69 Å². The third-order valence-corrected chi connectivity index (χ3v) is 4.81. The Bertz CT molecular complexity index is 1100. The molecule has 0 fully saturated rings. The number of hydrogen-bond acceptors (Lipinski definition) is 4. The minimum absolute atomic E-state index is 0.0810. The highest BCUT2D eigenvalue weighted by atomic mass is 19.4. The number of aromatic amines is 1. The van der Waals surface area contributed by atoms with Gasteiger partial charge in [-0.2, -0.15) is 23.4 Å². The van der Waals surface area contributed by atoms with Crippen LogP contribution >= 0.6 is 0 Å². The maximum atomic E-state index is 14.0. The average Bonchev–Trinajstić information content (AvgIpc) is 3.29. The van der Waals surface area contributed by atoms with Gasteiger partial charge >= 0.3 is 12.2 Å². The lowest BCUT2D eigenvalue weighted by Crippen LogP contribution is -2.46. The molecule has 4 heterocycles. The first-order valence-electron chi connectivity index (χ1n) is 8.36. The summed E-state index contributed by atoms with van der Waals surface area (Å²) in [4.78, 5) is 17.6. The predicted molar refractivity (Wildman–Crippen MR) is 91.0 cm³/mol. The highest BCUT2D eigenvalue weighted by molar-refractivity contribution is 6.03. The van der Waals surface area contributed by atoms with Gasteiger partial charge in [-0.25, -0.2) is 23.1 Å². The SMILES string of the molecule is Cc1cc2ncc3c(n2n1)[C@](C)(C(F)(F)F)CN3C(=O)Nc1cc(C(F)F)[nH]n1. The fourth-order valence-electron chi connectivity index (χ4n) is 3.32. The summed E-state index contributed by atoms with van der Waals surface area (Å²) in [6.07, 6.45) is -6.37. The first-order valence-corrected chi connectivity index (χ1v) is 8.36. The number of nitrogens with zero attached hydrogens (tertiary/aromatic N) is 5. The molecule has 0 bridgehead atoms. The number of aromatic nitrogens is 5. The lowest BCUT2D eigenvalue weighted by Gasteiger charge is -2.28. The van der Waals surface area contributed by atoms with Gasteiger partial charge in [-0.05, 0) is 13.8 Å². The first-order chi connectivity index (χ1) is 13.5. The van der Waals surface area contributed by atoms with Gasteiger partial charge in [0, 0.05) is 18.7 Å². The zero-order valence-electron chi connectivity index (χ0n) is 15.1. The molecule has 8 nitrogen and oxygen atoms in total. The number of urea groups is 1. The molecule has 4 rings (SSSR count). The quantitative estimate of drug-likeness (QED) is 0.626. The summed E-state index contributed by atoms with van der Waals surface area (Å²) in [5, 5.41) is 11.9. The van der Waals surface area contributed by atoms with E-state index >= 15 is 0 Å². The number of anilines is 2. The Hall–Kier alpha value is -3.25. The normalized spacial score (nSPS) is 19.2. The summed E-state index contributed by atoms with van der Waals surface area (Å²) in [7, 11) is 0. The summed E-state index contributed by atoms with van der Waals surface area (Å²) in [5.74, 6) is -0.239. The molecule has 2 amide bonds. The van der Waals surface area contributed by atoms with Crippen LogP contribution in [-0.2, 0) is 5.41 Å². The second-order valence-electron chi connectivity index (χ2n) is 6.90. The summed E-state index contributed by atoms with van der Waals surface area (Å²) >= 11 is 0. The molecule has 0 unspecified atom stereocenters. The number of halogens is 5. The van der Waals surface area contributed by atoms with Crippen LogP contribution in [0.25, 0.3) is 5.65 Å². The molecule has 1 aliphatic rings. The summed E-state index contributed by atoms with van der Waals surface area (Å²) in [5.41, 5.74) is -2.57. The predicted octanol–water partition coefficient (Wildman–Crippen LogP) is 3.57. The topological polar surface area (TPSA) is 91.2 Å². The van der Waals surface area contributed by atoms with Gasteiger partial charge in [-0.1, -0.05) is 0 Å². The number of H-pyrrole nitrogens is 1. The number of hydrogen-bond donors (Lipinski definition) is 2. The van der Waals surface area contributed by atoms with Crippen molar-refractivity contribution in [3.63, 3.8) is 0 Å². The van der Waals surface area contributed by atoms with Gasteiger partial charge < -0.3 is 0 Å². The number of alkyl halides is 5. The van der Waals surface area contributed by atoms with Crippen molar-refractivity contribution in [1.82, 2.24) is 24.8 Å².